The summed E-state index contributed by atoms with van der Waals surface area (Å²) in [6, 6.07) is 4.48. The summed E-state index contributed by atoms with van der Waals surface area (Å²) < 4.78 is 0. The first-order chi connectivity index (χ1) is 7.97. The zero-order valence-corrected chi connectivity index (χ0v) is 11.4. The lowest BCUT2D eigenvalue weighted by Crippen LogP contribution is -2.21. The Labute approximate surface area is 106 Å². The molecule has 0 aliphatic heterocycles. The Morgan fingerprint density at radius 1 is 1.18 bits per heavy atom. The van der Waals surface area contributed by atoms with Crippen LogP contribution >= 0.6 is 0 Å². The number of nitrogens with zero attached hydrogens (tertiary/aromatic N) is 1. The highest BCUT2D eigenvalue weighted by atomic mass is 14.6. The van der Waals surface area contributed by atoms with E-state index in [9.17, 15) is 0 Å². The van der Waals surface area contributed by atoms with E-state index in [1.807, 2.05) is 12.4 Å². The van der Waals surface area contributed by atoms with E-state index in [-0.39, 0.29) is 0 Å². The molecule has 96 valence electrons. The van der Waals surface area contributed by atoms with Crippen LogP contribution in [0.15, 0.2) is 24.5 Å². The molecule has 1 unspecified atom stereocenters. The van der Waals surface area contributed by atoms with Crippen LogP contribution in [0.1, 0.15) is 52.0 Å². The SMILES string of the molecule is CC(C)(C)CCCC(N)CCc1ccncc1. The van der Waals surface area contributed by atoms with Crippen LogP contribution in [0.4, 0.5) is 0 Å². The second-order valence-electron chi connectivity index (χ2n) is 6.11. The normalized spacial score (nSPS) is 13.6. The number of aryl methyl sites for hydroxylation is 1. The third-order valence-electron chi connectivity index (χ3n) is 3.05. The maximum absolute atomic E-state index is 6.14. The number of pyridine rings is 1. The fraction of sp³-hybridized carbons (Fsp3) is 0.667. The van der Waals surface area contributed by atoms with Crippen LogP contribution in [0, 0.1) is 5.41 Å². The molecule has 0 amide bonds. The van der Waals surface area contributed by atoms with Crippen molar-refractivity contribution in [3.05, 3.63) is 30.1 Å². The van der Waals surface area contributed by atoms with Gasteiger partial charge in [-0.1, -0.05) is 27.2 Å². The molecule has 0 aromatic carbocycles. The molecule has 0 spiro atoms. The van der Waals surface area contributed by atoms with Crippen molar-refractivity contribution < 1.29 is 0 Å². The second kappa shape index (κ2) is 6.75. The summed E-state index contributed by atoms with van der Waals surface area (Å²) in [4.78, 5) is 4.02. The molecule has 0 fully saturated rings. The van der Waals surface area contributed by atoms with E-state index in [1.54, 1.807) is 0 Å². The van der Waals surface area contributed by atoms with Gasteiger partial charge in [0.05, 0.1) is 0 Å². The van der Waals surface area contributed by atoms with Crippen molar-refractivity contribution in [3.8, 4) is 0 Å². The van der Waals surface area contributed by atoms with Crippen LogP contribution in [0.2, 0.25) is 0 Å². The predicted molar refractivity (Wildman–Crippen MR) is 73.8 cm³/mol. The zero-order chi connectivity index (χ0) is 12.7. The summed E-state index contributed by atoms with van der Waals surface area (Å²) in [5.41, 5.74) is 7.91. The summed E-state index contributed by atoms with van der Waals surface area (Å²) in [5, 5.41) is 0. The van der Waals surface area contributed by atoms with Gasteiger partial charge in [-0.2, -0.15) is 0 Å². The highest BCUT2D eigenvalue weighted by molar-refractivity contribution is 5.09. The Balaban J connectivity index is 2.15. The Bertz CT molecular complexity index is 300. The van der Waals surface area contributed by atoms with E-state index >= 15 is 0 Å². The minimum atomic E-state index is 0.338. The molecule has 0 aliphatic carbocycles. The fourth-order valence-corrected chi connectivity index (χ4v) is 1.94. The van der Waals surface area contributed by atoms with E-state index in [0.717, 1.165) is 19.3 Å². The Morgan fingerprint density at radius 2 is 1.82 bits per heavy atom. The van der Waals surface area contributed by atoms with Crippen molar-refractivity contribution in [3.63, 3.8) is 0 Å². The Hall–Kier alpha value is -0.890. The number of aromatic nitrogens is 1. The zero-order valence-electron chi connectivity index (χ0n) is 11.4. The first kappa shape index (κ1) is 14.2. The van der Waals surface area contributed by atoms with Crippen LogP contribution in [-0.2, 0) is 6.42 Å². The molecule has 1 rings (SSSR count). The van der Waals surface area contributed by atoms with Gasteiger partial charge < -0.3 is 5.73 Å². The molecule has 17 heavy (non-hydrogen) atoms. The average Bonchev–Trinajstić information content (AvgIpc) is 2.26. The Kier molecular flexibility index (Phi) is 5.63. The number of rotatable bonds is 6. The minimum Gasteiger partial charge on any atom is -0.328 e. The van der Waals surface area contributed by atoms with E-state index in [0.29, 0.717) is 11.5 Å². The highest BCUT2D eigenvalue weighted by Gasteiger charge is 2.11. The van der Waals surface area contributed by atoms with Gasteiger partial charge in [0.2, 0.25) is 0 Å². The molecular formula is C15H26N2. The van der Waals surface area contributed by atoms with Gasteiger partial charge in [-0.05, 0) is 48.8 Å². The quantitative estimate of drug-likeness (QED) is 0.817. The van der Waals surface area contributed by atoms with Crippen molar-refractivity contribution in [2.45, 2.75) is 58.9 Å². The summed E-state index contributed by atoms with van der Waals surface area (Å²) in [6.45, 7) is 6.86. The fourth-order valence-electron chi connectivity index (χ4n) is 1.94. The molecular weight excluding hydrogens is 208 g/mol. The van der Waals surface area contributed by atoms with Crippen LogP contribution in [-0.4, -0.2) is 11.0 Å². The minimum absolute atomic E-state index is 0.338. The maximum Gasteiger partial charge on any atom is 0.0270 e. The van der Waals surface area contributed by atoms with Gasteiger partial charge in [0.1, 0.15) is 0 Å². The van der Waals surface area contributed by atoms with Crippen LogP contribution in [0.3, 0.4) is 0 Å². The molecule has 1 atom stereocenters. The van der Waals surface area contributed by atoms with Gasteiger partial charge in [-0.3, -0.25) is 4.98 Å². The monoisotopic (exact) mass is 234 g/mol. The van der Waals surface area contributed by atoms with Crippen molar-refractivity contribution in [1.29, 1.82) is 0 Å². The lowest BCUT2D eigenvalue weighted by atomic mass is 9.88. The lowest BCUT2D eigenvalue weighted by molar-refractivity contribution is 0.350. The smallest absolute Gasteiger partial charge is 0.0270 e. The first-order valence-corrected chi connectivity index (χ1v) is 6.62. The van der Waals surface area contributed by atoms with Gasteiger partial charge in [-0.25, -0.2) is 0 Å². The van der Waals surface area contributed by atoms with Gasteiger partial charge in [0.15, 0.2) is 0 Å². The molecule has 0 bridgehead atoms. The van der Waals surface area contributed by atoms with Gasteiger partial charge in [0, 0.05) is 18.4 Å². The van der Waals surface area contributed by atoms with Crippen molar-refractivity contribution in [2.75, 3.05) is 0 Å². The predicted octanol–water partition coefficient (Wildman–Crippen LogP) is 3.56. The highest BCUT2D eigenvalue weighted by Crippen LogP contribution is 2.22. The Morgan fingerprint density at radius 3 is 2.41 bits per heavy atom. The van der Waals surface area contributed by atoms with E-state index in [2.05, 4.69) is 37.9 Å². The largest absolute Gasteiger partial charge is 0.328 e. The summed E-state index contributed by atoms with van der Waals surface area (Å²) in [6.07, 6.45) is 9.48. The molecule has 1 aromatic heterocycles. The van der Waals surface area contributed by atoms with E-state index in [4.69, 9.17) is 5.73 Å². The molecule has 1 aromatic rings. The number of hydrogen-bond acceptors (Lipinski definition) is 2. The third kappa shape index (κ3) is 7.11. The first-order valence-electron chi connectivity index (χ1n) is 6.62. The number of nitrogens with two attached hydrogens (primary N) is 1. The van der Waals surface area contributed by atoms with Crippen LogP contribution < -0.4 is 5.73 Å². The van der Waals surface area contributed by atoms with Gasteiger partial charge in [-0.15, -0.1) is 0 Å². The van der Waals surface area contributed by atoms with Crippen molar-refractivity contribution in [2.24, 2.45) is 11.1 Å². The van der Waals surface area contributed by atoms with E-state index < -0.39 is 0 Å². The van der Waals surface area contributed by atoms with Gasteiger partial charge in [0.25, 0.3) is 0 Å². The van der Waals surface area contributed by atoms with Crippen LogP contribution in [0.25, 0.3) is 0 Å². The standard InChI is InChI=1S/C15H26N2/c1-15(2,3)10-4-5-14(16)7-6-13-8-11-17-12-9-13/h8-9,11-12,14H,4-7,10,16H2,1-3H3. The third-order valence-corrected chi connectivity index (χ3v) is 3.05. The molecule has 1 heterocycles. The molecule has 0 aliphatic rings. The summed E-state index contributed by atoms with van der Waals surface area (Å²) >= 11 is 0. The molecule has 2 heteroatoms. The lowest BCUT2D eigenvalue weighted by Gasteiger charge is -2.19. The molecule has 0 radical (unpaired) electrons. The summed E-state index contributed by atoms with van der Waals surface area (Å²) in [5.74, 6) is 0. The van der Waals surface area contributed by atoms with Crippen LogP contribution in [0.5, 0.6) is 0 Å². The van der Waals surface area contributed by atoms with Gasteiger partial charge >= 0.3 is 0 Å². The molecule has 2 nitrogen and oxygen atoms in total. The van der Waals surface area contributed by atoms with Crippen molar-refractivity contribution >= 4 is 0 Å². The maximum atomic E-state index is 6.14. The van der Waals surface area contributed by atoms with E-state index in [1.165, 1.54) is 18.4 Å². The topological polar surface area (TPSA) is 38.9 Å². The second-order valence-corrected chi connectivity index (χ2v) is 6.11. The number of hydrogen-bond donors (Lipinski definition) is 1. The average molecular weight is 234 g/mol. The molecule has 2 N–H and O–H groups in total. The molecule has 0 saturated heterocycles. The summed E-state index contributed by atoms with van der Waals surface area (Å²) in [7, 11) is 0. The van der Waals surface area contributed by atoms with Crippen molar-refractivity contribution in [1.82, 2.24) is 4.98 Å². The molecule has 0 saturated carbocycles.